The smallest absolute Gasteiger partial charge is 0.118 e. The van der Waals surface area contributed by atoms with E-state index in [9.17, 15) is 5.11 Å². The van der Waals surface area contributed by atoms with Gasteiger partial charge >= 0.3 is 0 Å². The summed E-state index contributed by atoms with van der Waals surface area (Å²) in [6.07, 6.45) is -0.492. The van der Waals surface area contributed by atoms with Crippen LogP contribution in [-0.2, 0) is 11.3 Å². The van der Waals surface area contributed by atoms with Crippen molar-refractivity contribution in [2.45, 2.75) is 12.6 Å². The van der Waals surface area contributed by atoms with E-state index in [1.54, 1.807) is 7.11 Å². The second-order valence-electron chi connectivity index (χ2n) is 6.96. The molecular formula is C22H30N2O3. The van der Waals surface area contributed by atoms with Crippen molar-refractivity contribution in [1.29, 1.82) is 0 Å². The number of benzene rings is 2. The molecule has 1 heterocycles. The first-order valence-electron chi connectivity index (χ1n) is 9.63. The minimum atomic E-state index is -0.492. The molecule has 0 aromatic heterocycles. The number of methoxy groups -OCH3 is 1. The minimum Gasteiger partial charge on any atom is -0.497 e. The summed E-state index contributed by atoms with van der Waals surface area (Å²) in [6, 6.07) is 18.1. The second-order valence-corrected chi connectivity index (χ2v) is 6.96. The molecule has 3 rings (SSSR count). The molecule has 1 aliphatic rings. The molecule has 1 N–H and O–H groups in total. The van der Waals surface area contributed by atoms with E-state index in [2.05, 4.69) is 21.9 Å². The molecule has 0 amide bonds. The van der Waals surface area contributed by atoms with Crippen molar-refractivity contribution in [1.82, 2.24) is 9.80 Å². The molecule has 0 radical (unpaired) electrons. The minimum absolute atomic E-state index is 0.492. The van der Waals surface area contributed by atoms with Crippen LogP contribution in [0.1, 0.15) is 17.2 Å². The van der Waals surface area contributed by atoms with Gasteiger partial charge in [-0.2, -0.15) is 0 Å². The first-order chi connectivity index (χ1) is 13.2. The fraction of sp³-hybridized carbons (Fsp3) is 0.455. The van der Waals surface area contributed by atoms with Crippen LogP contribution in [0.25, 0.3) is 0 Å². The van der Waals surface area contributed by atoms with Gasteiger partial charge in [0.05, 0.1) is 26.4 Å². The van der Waals surface area contributed by atoms with Crippen molar-refractivity contribution in [2.75, 3.05) is 53.0 Å². The monoisotopic (exact) mass is 370 g/mol. The number of morpholine rings is 1. The van der Waals surface area contributed by atoms with Crippen LogP contribution in [0.15, 0.2) is 54.6 Å². The lowest BCUT2D eigenvalue weighted by molar-refractivity contribution is 0.0291. The Morgan fingerprint density at radius 3 is 2.44 bits per heavy atom. The van der Waals surface area contributed by atoms with Gasteiger partial charge in [0.25, 0.3) is 0 Å². The van der Waals surface area contributed by atoms with E-state index in [1.165, 1.54) is 5.56 Å². The molecular weight excluding hydrogens is 340 g/mol. The van der Waals surface area contributed by atoms with Crippen molar-refractivity contribution in [3.63, 3.8) is 0 Å². The zero-order chi connectivity index (χ0) is 18.9. The molecule has 5 nitrogen and oxygen atoms in total. The zero-order valence-electron chi connectivity index (χ0n) is 16.1. The first kappa shape index (κ1) is 19.8. The zero-order valence-corrected chi connectivity index (χ0v) is 16.1. The summed E-state index contributed by atoms with van der Waals surface area (Å²) in [5, 5.41) is 10.7. The van der Waals surface area contributed by atoms with E-state index in [0.717, 1.165) is 57.3 Å². The largest absolute Gasteiger partial charge is 0.497 e. The van der Waals surface area contributed by atoms with Crippen LogP contribution in [0.4, 0.5) is 0 Å². The van der Waals surface area contributed by atoms with Gasteiger partial charge in [0, 0.05) is 39.3 Å². The summed E-state index contributed by atoms with van der Waals surface area (Å²) in [5.74, 6) is 0.864. The Bertz CT molecular complexity index is 657. The highest BCUT2D eigenvalue weighted by molar-refractivity contribution is 5.27. The van der Waals surface area contributed by atoms with E-state index in [0.29, 0.717) is 6.54 Å². The van der Waals surface area contributed by atoms with Gasteiger partial charge < -0.3 is 14.6 Å². The molecule has 5 heteroatoms. The van der Waals surface area contributed by atoms with E-state index in [4.69, 9.17) is 9.47 Å². The Morgan fingerprint density at radius 2 is 1.78 bits per heavy atom. The third kappa shape index (κ3) is 6.33. The molecule has 1 fully saturated rings. The molecule has 2 aromatic carbocycles. The SMILES string of the molecule is COc1ccc(CN(CCN2CCOCC2)CC(O)c2ccccc2)cc1. The number of hydrogen-bond donors (Lipinski definition) is 1. The molecule has 1 aliphatic heterocycles. The average Bonchev–Trinajstić information content (AvgIpc) is 2.74. The Labute approximate surface area is 162 Å². The average molecular weight is 370 g/mol. The molecule has 0 aliphatic carbocycles. The number of ether oxygens (including phenoxy) is 2. The van der Waals surface area contributed by atoms with Gasteiger partial charge in [-0.15, -0.1) is 0 Å². The fourth-order valence-corrected chi connectivity index (χ4v) is 3.36. The van der Waals surface area contributed by atoms with Gasteiger partial charge in [0.1, 0.15) is 5.75 Å². The number of nitrogens with zero attached hydrogens (tertiary/aromatic N) is 2. The molecule has 0 bridgehead atoms. The van der Waals surface area contributed by atoms with Gasteiger partial charge in [-0.25, -0.2) is 0 Å². The maximum absolute atomic E-state index is 10.7. The van der Waals surface area contributed by atoms with Crippen molar-refractivity contribution < 1.29 is 14.6 Å². The Kier molecular flexibility index (Phi) is 7.66. The van der Waals surface area contributed by atoms with E-state index in [1.807, 2.05) is 42.5 Å². The third-order valence-corrected chi connectivity index (χ3v) is 5.02. The second kappa shape index (κ2) is 10.4. The molecule has 27 heavy (non-hydrogen) atoms. The van der Waals surface area contributed by atoms with Crippen molar-refractivity contribution in [2.24, 2.45) is 0 Å². The topological polar surface area (TPSA) is 45.2 Å². The van der Waals surface area contributed by atoms with Crippen molar-refractivity contribution in [3.8, 4) is 5.75 Å². The standard InChI is InChI=1S/C22H30N2O3/c1-26-21-9-7-19(8-10-21)17-24(12-11-23-13-15-27-16-14-23)18-22(25)20-5-3-2-4-6-20/h2-10,22,25H,11-18H2,1H3. The molecule has 2 aromatic rings. The summed E-state index contributed by atoms with van der Waals surface area (Å²) in [5.41, 5.74) is 2.18. The van der Waals surface area contributed by atoms with Gasteiger partial charge in [0.15, 0.2) is 0 Å². The predicted octanol–water partition coefficient (Wildman–Crippen LogP) is 2.56. The van der Waals surface area contributed by atoms with Gasteiger partial charge in [0.2, 0.25) is 0 Å². The first-order valence-corrected chi connectivity index (χ1v) is 9.63. The van der Waals surface area contributed by atoms with E-state index >= 15 is 0 Å². The van der Waals surface area contributed by atoms with E-state index in [-0.39, 0.29) is 0 Å². The summed E-state index contributed by atoms with van der Waals surface area (Å²) >= 11 is 0. The van der Waals surface area contributed by atoms with Gasteiger partial charge in [-0.1, -0.05) is 42.5 Å². The van der Waals surface area contributed by atoms with Crippen LogP contribution in [0.3, 0.4) is 0 Å². The lowest BCUT2D eigenvalue weighted by atomic mass is 10.1. The summed E-state index contributed by atoms with van der Waals surface area (Å²) in [7, 11) is 1.68. The molecule has 146 valence electrons. The molecule has 1 atom stereocenters. The maximum Gasteiger partial charge on any atom is 0.118 e. The Hall–Kier alpha value is -1.92. The number of rotatable bonds is 9. The van der Waals surface area contributed by atoms with Crippen molar-refractivity contribution >= 4 is 0 Å². The number of aliphatic hydroxyl groups is 1. The van der Waals surface area contributed by atoms with Gasteiger partial charge in [-0.05, 0) is 23.3 Å². The normalized spacial score (nSPS) is 16.4. The lowest BCUT2D eigenvalue weighted by Crippen LogP contribution is -2.42. The van der Waals surface area contributed by atoms with Crippen LogP contribution in [-0.4, -0.2) is 68.0 Å². The van der Waals surface area contributed by atoms with E-state index < -0.39 is 6.10 Å². The molecule has 0 spiro atoms. The lowest BCUT2D eigenvalue weighted by Gasteiger charge is -2.31. The summed E-state index contributed by atoms with van der Waals surface area (Å²) in [6.45, 7) is 6.90. The summed E-state index contributed by atoms with van der Waals surface area (Å²) < 4.78 is 10.7. The van der Waals surface area contributed by atoms with Crippen LogP contribution in [0, 0.1) is 0 Å². The quantitative estimate of drug-likeness (QED) is 0.735. The Morgan fingerprint density at radius 1 is 1.07 bits per heavy atom. The maximum atomic E-state index is 10.7. The van der Waals surface area contributed by atoms with Gasteiger partial charge in [-0.3, -0.25) is 9.80 Å². The summed E-state index contributed by atoms with van der Waals surface area (Å²) in [4.78, 5) is 4.76. The highest BCUT2D eigenvalue weighted by atomic mass is 16.5. The molecule has 1 unspecified atom stereocenters. The molecule has 0 saturated carbocycles. The molecule has 1 saturated heterocycles. The fourth-order valence-electron chi connectivity index (χ4n) is 3.36. The third-order valence-electron chi connectivity index (χ3n) is 5.02. The highest BCUT2D eigenvalue weighted by Gasteiger charge is 2.17. The van der Waals surface area contributed by atoms with Crippen LogP contribution >= 0.6 is 0 Å². The predicted molar refractivity (Wildman–Crippen MR) is 107 cm³/mol. The highest BCUT2D eigenvalue weighted by Crippen LogP contribution is 2.17. The van der Waals surface area contributed by atoms with Crippen LogP contribution < -0.4 is 4.74 Å². The number of aliphatic hydroxyl groups excluding tert-OH is 1. The number of hydrogen-bond acceptors (Lipinski definition) is 5. The Balaban J connectivity index is 1.62. The van der Waals surface area contributed by atoms with Crippen LogP contribution in [0.5, 0.6) is 5.75 Å². The van der Waals surface area contributed by atoms with Crippen LogP contribution in [0.2, 0.25) is 0 Å². The van der Waals surface area contributed by atoms with Crippen molar-refractivity contribution in [3.05, 3.63) is 65.7 Å².